The lowest BCUT2D eigenvalue weighted by Crippen LogP contribution is -2.22. The molecule has 0 aliphatic carbocycles. The van der Waals surface area contributed by atoms with Gasteiger partial charge in [-0.1, -0.05) is 36.4 Å². The Hall–Kier alpha value is -3.74. The molecule has 0 bridgehead atoms. The van der Waals surface area contributed by atoms with Gasteiger partial charge in [0.25, 0.3) is 5.91 Å². The Morgan fingerprint density at radius 2 is 1.72 bits per heavy atom. The van der Waals surface area contributed by atoms with Gasteiger partial charge in [0.05, 0.1) is 17.2 Å². The highest BCUT2D eigenvalue weighted by atomic mass is 32.2. The summed E-state index contributed by atoms with van der Waals surface area (Å²) in [7, 11) is 0. The topological polar surface area (TPSA) is 85.2 Å². The van der Waals surface area contributed by atoms with Crippen LogP contribution in [-0.2, 0) is 4.79 Å². The summed E-state index contributed by atoms with van der Waals surface area (Å²) in [5.74, 6) is -0.831. The van der Waals surface area contributed by atoms with Crippen LogP contribution in [0.2, 0.25) is 0 Å². The van der Waals surface area contributed by atoms with Gasteiger partial charge < -0.3 is 15.7 Å². The normalized spacial score (nSPS) is 13.9. The second kappa shape index (κ2) is 13.4. The number of rotatable bonds is 9. The number of aliphatic hydroxyl groups excluding tert-OH is 1. The number of nitrogens with zero attached hydrogens (tertiary/aromatic N) is 1. The predicted molar refractivity (Wildman–Crippen MR) is 139 cm³/mol. The molecular weight excluding hydrogens is 487 g/mol. The summed E-state index contributed by atoms with van der Waals surface area (Å²) >= 11 is 1.35. The largest absolute Gasteiger partial charge is 0.416 e. The third kappa shape index (κ3) is 8.18. The van der Waals surface area contributed by atoms with E-state index < -0.39 is 23.8 Å². The van der Waals surface area contributed by atoms with Crippen molar-refractivity contribution in [1.82, 2.24) is 0 Å². The zero-order valence-corrected chi connectivity index (χ0v) is 20.7. The molecular formula is C27H26F3N3O2S. The Morgan fingerprint density at radius 3 is 2.31 bits per heavy atom. The molecule has 1 unspecified atom stereocenters. The lowest BCUT2D eigenvalue weighted by atomic mass is 10.1. The fourth-order valence-corrected chi connectivity index (χ4v) is 3.75. The number of hydrogen-bond donors (Lipinski definition) is 3. The number of alkyl halides is 3. The van der Waals surface area contributed by atoms with Crippen LogP contribution in [0.15, 0.2) is 94.4 Å². The number of benzene rings is 2. The van der Waals surface area contributed by atoms with E-state index in [-0.39, 0.29) is 22.6 Å². The van der Waals surface area contributed by atoms with E-state index in [9.17, 15) is 23.1 Å². The van der Waals surface area contributed by atoms with E-state index in [1.54, 1.807) is 43.3 Å². The van der Waals surface area contributed by atoms with Crippen LogP contribution in [0.1, 0.15) is 38.0 Å². The summed E-state index contributed by atoms with van der Waals surface area (Å²) in [6.07, 6.45) is -0.443. The molecule has 0 aliphatic heterocycles. The van der Waals surface area contributed by atoms with Crippen molar-refractivity contribution in [1.29, 1.82) is 5.26 Å². The van der Waals surface area contributed by atoms with Gasteiger partial charge >= 0.3 is 6.18 Å². The molecule has 0 heterocycles. The molecule has 2 rings (SSSR count). The zero-order valence-electron chi connectivity index (χ0n) is 19.9. The summed E-state index contributed by atoms with van der Waals surface area (Å²) in [5.41, 5.74) is -0.0492. The molecule has 5 nitrogen and oxygen atoms in total. The quantitative estimate of drug-likeness (QED) is 0.244. The minimum atomic E-state index is -4.67. The lowest BCUT2D eigenvalue weighted by molar-refractivity contribution is -0.112. The summed E-state index contributed by atoms with van der Waals surface area (Å²) in [4.78, 5) is 13.8. The van der Waals surface area contributed by atoms with E-state index >= 15 is 0 Å². The Morgan fingerprint density at radius 1 is 1.06 bits per heavy atom. The third-order valence-corrected chi connectivity index (χ3v) is 5.95. The van der Waals surface area contributed by atoms with Gasteiger partial charge in [0.1, 0.15) is 11.8 Å². The molecule has 0 fully saturated rings. The SMILES string of the molecule is CC=C(S/C=C\C)C(O)c1cccc(NC(=O)/C(=C/C(=C/C)C(F)(F)F)Nc2cccc(C#N)c2)c1. The van der Waals surface area contributed by atoms with Crippen LogP contribution in [0.25, 0.3) is 0 Å². The van der Waals surface area contributed by atoms with Crippen molar-refractivity contribution in [2.45, 2.75) is 33.1 Å². The maximum atomic E-state index is 13.4. The van der Waals surface area contributed by atoms with Crippen LogP contribution in [0.3, 0.4) is 0 Å². The fourth-order valence-electron chi connectivity index (χ4n) is 3.05. The summed E-state index contributed by atoms with van der Waals surface area (Å²) in [5, 5.41) is 26.9. The molecule has 3 N–H and O–H groups in total. The van der Waals surface area contributed by atoms with E-state index in [4.69, 9.17) is 5.26 Å². The molecule has 2 aromatic rings. The van der Waals surface area contributed by atoms with E-state index in [0.717, 1.165) is 6.08 Å². The van der Waals surface area contributed by atoms with Crippen molar-refractivity contribution >= 4 is 29.0 Å². The van der Waals surface area contributed by atoms with Gasteiger partial charge in [-0.3, -0.25) is 4.79 Å². The van der Waals surface area contributed by atoms with Crippen molar-refractivity contribution < 1.29 is 23.1 Å². The summed E-state index contributed by atoms with van der Waals surface area (Å²) in [6.45, 7) is 4.88. The number of carbonyl (C=O) groups is 1. The second-order valence-electron chi connectivity index (χ2n) is 7.38. The van der Waals surface area contributed by atoms with Crippen molar-refractivity contribution in [2.24, 2.45) is 0 Å². The minimum absolute atomic E-state index is 0.274. The Kier molecular flexibility index (Phi) is 10.6. The number of carbonyl (C=O) groups excluding carboxylic acids is 1. The van der Waals surface area contributed by atoms with E-state index in [0.29, 0.717) is 16.5 Å². The van der Waals surface area contributed by atoms with Crippen LogP contribution < -0.4 is 10.6 Å². The number of nitriles is 1. The van der Waals surface area contributed by atoms with Crippen molar-refractivity contribution in [3.63, 3.8) is 0 Å². The number of halogens is 3. The lowest BCUT2D eigenvalue weighted by Gasteiger charge is -2.16. The molecule has 0 aromatic heterocycles. The molecule has 9 heteroatoms. The van der Waals surface area contributed by atoms with Crippen LogP contribution in [0, 0.1) is 11.3 Å². The van der Waals surface area contributed by atoms with Crippen molar-refractivity contribution in [2.75, 3.05) is 10.6 Å². The second-order valence-corrected chi connectivity index (χ2v) is 8.36. The highest BCUT2D eigenvalue weighted by Gasteiger charge is 2.32. The monoisotopic (exact) mass is 513 g/mol. The molecule has 36 heavy (non-hydrogen) atoms. The highest BCUT2D eigenvalue weighted by Crippen LogP contribution is 2.32. The third-order valence-electron chi connectivity index (χ3n) is 4.81. The van der Waals surface area contributed by atoms with Gasteiger partial charge in [-0.15, -0.1) is 11.8 Å². The minimum Gasteiger partial charge on any atom is -0.383 e. The first kappa shape index (κ1) is 28.5. The molecule has 0 radical (unpaired) electrons. The molecule has 1 atom stereocenters. The molecule has 188 valence electrons. The van der Waals surface area contributed by atoms with Crippen LogP contribution in [0.5, 0.6) is 0 Å². The van der Waals surface area contributed by atoms with Crippen molar-refractivity contribution in [3.05, 3.63) is 106 Å². The molecule has 0 spiro atoms. The van der Waals surface area contributed by atoms with E-state index in [1.807, 2.05) is 24.5 Å². The molecule has 0 saturated carbocycles. The average molecular weight is 514 g/mol. The maximum absolute atomic E-state index is 13.4. The van der Waals surface area contributed by atoms with Gasteiger partial charge in [-0.2, -0.15) is 18.4 Å². The Labute approximate surface area is 212 Å². The summed E-state index contributed by atoms with van der Waals surface area (Å²) < 4.78 is 40.2. The number of allylic oxidation sites excluding steroid dienone is 5. The van der Waals surface area contributed by atoms with Crippen LogP contribution in [0.4, 0.5) is 24.5 Å². The number of hydrogen-bond acceptors (Lipinski definition) is 5. The first-order chi connectivity index (χ1) is 17.1. The number of aliphatic hydroxyl groups is 1. The number of anilines is 2. The zero-order chi connectivity index (χ0) is 26.7. The maximum Gasteiger partial charge on any atom is 0.416 e. The first-order valence-electron chi connectivity index (χ1n) is 10.9. The van der Waals surface area contributed by atoms with Gasteiger partial charge in [0.15, 0.2) is 0 Å². The standard InChI is InChI=1S/C27H26F3N3O2S/c1-4-13-36-24(6-3)25(34)19-10-8-12-22(15-19)33-26(35)23(16-20(5-2)27(28,29)30)32-21-11-7-9-18(14-21)17-31/h4-16,25,32,34H,1-3H3,(H,33,35)/b13-4-,20-5-,23-16-,24-6?. The Bertz CT molecular complexity index is 1240. The van der Waals surface area contributed by atoms with Crippen LogP contribution in [-0.4, -0.2) is 17.2 Å². The number of nitrogens with one attached hydrogen (secondary N) is 2. The van der Waals surface area contributed by atoms with Gasteiger partial charge in [-0.25, -0.2) is 0 Å². The first-order valence-corrected chi connectivity index (χ1v) is 11.8. The molecule has 0 aliphatic rings. The molecule has 0 saturated heterocycles. The summed E-state index contributed by atoms with van der Waals surface area (Å²) in [6, 6.07) is 14.4. The highest BCUT2D eigenvalue weighted by molar-refractivity contribution is 8.05. The number of thioether (sulfide) groups is 1. The van der Waals surface area contributed by atoms with E-state index in [2.05, 4.69) is 10.6 Å². The molecule has 1 amide bonds. The number of amides is 1. The smallest absolute Gasteiger partial charge is 0.383 e. The van der Waals surface area contributed by atoms with E-state index in [1.165, 1.54) is 36.9 Å². The van der Waals surface area contributed by atoms with Gasteiger partial charge in [0.2, 0.25) is 0 Å². The van der Waals surface area contributed by atoms with Crippen LogP contribution >= 0.6 is 11.8 Å². The average Bonchev–Trinajstić information content (AvgIpc) is 2.86. The van der Waals surface area contributed by atoms with Gasteiger partial charge in [0, 0.05) is 16.3 Å². The molecule has 2 aromatic carbocycles. The van der Waals surface area contributed by atoms with Gasteiger partial charge in [-0.05, 0) is 68.2 Å². The van der Waals surface area contributed by atoms with Crippen molar-refractivity contribution in [3.8, 4) is 6.07 Å². The Balaban J connectivity index is 2.39. The predicted octanol–water partition coefficient (Wildman–Crippen LogP) is 7.21. The fraction of sp³-hybridized carbons (Fsp3) is 0.185.